The maximum atomic E-state index is 12.7. The van der Waals surface area contributed by atoms with Crippen LogP contribution >= 0.6 is 11.6 Å². The number of alkyl halides is 3. The van der Waals surface area contributed by atoms with Crippen molar-refractivity contribution in [3.8, 4) is 0 Å². The van der Waals surface area contributed by atoms with Gasteiger partial charge < -0.3 is 5.73 Å². The molecule has 0 aliphatic heterocycles. The summed E-state index contributed by atoms with van der Waals surface area (Å²) in [6.07, 6.45) is -4.57. The monoisotopic (exact) mass is 319 g/mol. The van der Waals surface area contributed by atoms with Crippen LogP contribution in [0.5, 0.6) is 0 Å². The molecule has 21 heavy (non-hydrogen) atoms. The molecule has 0 aliphatic rings. The number of anilines is 2. The summed E-state index contributed by atoms with van der Waals surface area (Å²) < 4.78 is 39.6. The second-order valence-corrected chi connectivity index (χ2v) is 4.59. The number of nitrogen functional groups attached to an aromatic ring is 2. The molecule has 5 N–H and O–H groups in total. The van der Waals surface area contributed by atoms with Gasteiger partial charge in [-0.05, 0) is 18.2 Å². The summed E-state index contributed by atoms with van der Waals surface area (Å²) in [6.45, 7) is 0. The molecule has 0 spiro atoms. The van der Waals surface area contributed by atoms with Crippen molar-refractivity contribution in [3.63, 3.8) is 0 Å². The molecular weight excluding hydrogens is 309 g/mol. The third kappa shape index (κ3) is 3.07. The minimum Gasteiger partial charge on any atom is -0.381 e. The van der Waals surface area contributed by atoms with E-state index in [1.165, 1.54) is 10.7 Å². The lowest BCUT2D eigenvalue weighted by molar-refractivity contribution is -0.712. The van der Waals surface area contributed by atoms with Crippen LogP contribution in [0.15, 0.2) is 28.4 Å². The van der Waals surface area contributed by atoms with Crippen molar-refractivity contribution in [2.75, 3.05) is 11.5 Å². The van der Waals surface area contributed by atoms with E-state index in [-0.39, 0.29) is 23.0 Å². The van der Waals surface area contributed by atoms with E-state index < -0.39 is 16.8 Å². The van der Waals surface area contributed by atoms with Crippen LogP contribution in [-0.2, 0) is 13.2 Å². The van der Waals surface area contributed by atoms with Gasteiger partial charge >= 0.3 is 12.0 Å². The third-order valence-electron chi connectivity index (χ3n) is 2.67. The first-order valence-corrected chi connectivity index (χ1v) is 5.99. The van der Waals surface area contributed by atoms with Crippen LogP contribution < -0.4 is 16.1 Å². The Bertz CT molecular complexity index is 707. The van der Waals surface area contributed by atoms with Gasteiger partial charge in [0.25, 0.3) is 0 Å². The summed E-state index contributed by atoms with van der Waals surface area (Å²) in [5.41, 5.74) is 10.5. The first-order chi connectivity index (χ1) is 9.70. The van der Waals surface area contributed by atoms with E-state index in [1.54, 1.807) is 7.05 Å². The van der Waals surface area contributed by atoms with E-state index in [0.29, 0.717) is 0 Å². The van der Waals surface area contributed by atoms with Gasteiger partial charge in [-0.25, -0.2) is 5.10 Å². The van der Waals surface area contributed by atoms with Crippen molar-refractivity contribution < 1.29 is 17.9 Å². The molecule has 0 unspecified atom stereocenters. The van der Waals surface area contributed by atoms with Crippen LogP contribution in [0.4, 0.5) is 36.2 Å². The van der Waals surface area contributed by atoms with E-state index in [1.807, 2.05) is 0 Å². The van der Waals surface area contributed by atoms with Crippen LogP contribution in [0.2, 0.25) is 5.02 Å². The zero-order valence-electron chi connectivity index (χ0n) is 10.7. The largest absolute Gasteiger partial charge is 0.417 e. The molecule has 0 radical (unpaired) electrons. The fourth-order valence-corrected chi connectivity index (χ4v) is 1.82. The molecule has 2 aromatic rings. The molecule has 0 saturated carbocycles. The number of azo groups is 1. The highest BCUT2D eigenvalue weighted by atomic mass is 35.5. The van der Waals surface area contributed by atoms with Crippen molar-refractivity contribution in [3.05, 3.63) is 28.8 Å². The molecule has 0 saturated heterocycles. The van der Waals surface area contributed by atoms with Crippen molar-refractivity contribution in [1.29, 1.82) is 0 Å². The molecule has 0 aliphatic carbocycles. The molecule has 6 nitrogen and oxygen atoms in total. The smallest absolute Gasteiger partial charge is 0.381 e. The highest BCUT2D eigenvalue weighted by Gasteiger charge is 2.33. The van der Waals surface area contributed by atoms with Crippen LogP contribution in [0.1, 0.15) is 5.56 Å². The predicted octanol–water partition coefficient (Wildman–Crippen LogP) is 3.09. The van der Waals surface area contributed by atoms with E-state index in [0.717, 1.165) is 12.1 Å². The van der Waals surface area contributed by atoms with Crippen molar-refractivity contribution >= 4 is 34.6 Å². The average molecular weight is 320 g/mol. The Balaban J connectivity index is 2.38. The Morgan fingerprint density at radius 3 is 2.43 bits per heavy atom. The average Bonchev–Trinajstić information content (AvgIpc) is 2.61. The van der Waals surface area contributed by atoms with E-state index in [4.69, 9.17) is 23.1 Å². The summed E-state index contributed by atoms with van der Waals surface area (Å²) in [6, 6.07) is 3.20. The molecule has 0 atom stereocenters. The van der Waals surface area contributed by atoms with Gasteiger partial charge in [0.2, 0.25) is 5.69 Å². The molecular formula is C11H11ClF3N6+. The highest BCUT2D eigenvalue weighted by Crippen LogP contribution is 2.37. The zero-order chi connectivity index (χ0) is 15.8. The van der Waals surface area contributed by atoms with Gasteiger partial charge in [0.05, 0.1) is 16.3 Å². The van der Waals surface area contributed by atoms with Crippen molar-refractivity contribution in [2.45, 2.75) is 6.18 Å². The highest BCUT2D eigenvalue weighted by molar-refractivity contribution is 6.31. The standard InChI is InChI=1S/C11H10ClF3N6/c1-21-10(17)8(9(16)20-21)19-18-5-2-3-7(12)6(4-5)11(13,14)15/h2-4H,1H3,(H4,16,17,18,20)/p+1. The van der Waals surface area contributed by atoms with Gasteiger partial charge in [0.15, 0.2) is 5.82 Å². The molecule has 1 aromatic carbocycles. The Morgan fingerprint density at radius 2 is 1.90 bits per heavy atom. The Morgan fingerprint density at radius 1 is 1.24 bits per heavy atom. The minimum atomic E-state index is -4.57. The van der Waals surface area contributed by atoms with Gasteiger partial charge in [0, 0.05) is 0 Å². The van der Waals surface area contributed by atoms with Crippen LogP contribution in [0.3, 0.4) is 0 Å². The van der Waals surface area contributed by atoms with E-state index in [2.05, 4.69) is 15.3 Å². The maximum absolute atomic E-state index is 12.7. The second-order valence-electron chi connectivity index (χ2n) is 4.18. The van der Waals surface area contributed by atoms with Crippen LogP contribution in [-0.4, -0.2) is 5.10 Å². The number of nitrogens with one attached hydrogen (secondary N) is 1. The van der Waals surface area contributed by atoms with E-state index >= 15 is 0 Å². The fraction of sp³-hybridized carbons (Fsp3) is 0.182. The molecule has 0 fully saturated rings. The molecule has 10 heteroatoms. The third-order valence-corrected chi connectivity index (χ3v) is 3.00. The molecule has 0 bridgehead atoms. The molecule has 112 valence electrons. The number of hydrogen-bond donors (Lipinski definition) is 3. The summed E-state index contributed by atoms with van der Waals surface area (Å²) in [5, 5.41) is 9.72. The lowest BCUT2D eigenvalue weighted by atomic mass is 10.2. The normalized spacial score (nSPS) is 12.2. The number of rotatable bonds is 2. The van der Waals surface area contributed by atoms with Crippen molar-refractivity contribution in [1.82, 2.24) is 5.10 Å². The number of benzene rings is 1. The van der Waals surface area contributed by atoms with Crippen LogP contribution in [0, 0.1) is 0 Å². The lowest BCUT2D eigenvalue weighted by Gasteiger charge is -2.08. The number of halogens is 4. The quantitative estimate of drug-likeness (QED) is 0.585. The lowest BCUT2D eigenvalue weighted by Crippen LogP contribution is -2.32. The van der Waals surface area contributed by atoms with Gasteiger partial charge in [-0.15, -0.1) is 5.11 Å². The summed E-state index contributed by atoms with van der Waals surface area (Å²) in [4.78, 5) is 0. The topological polar surface area (TPSA) is 96.4 Å². The number of H-pyrrole nitrogens is 1. The Kier molecular flexibility index (Phi) is 3.77. The summed E-state index contributed by atoms with van der Waals surface area (Å²) in [5.74, 6) is 0.366. The maximum Gasteiger partial charge on any atom is 0.417 e. The predicted molar refractivity (Wildman–Crippen MR) is 71.4 cm³/mol. The van der Waals surface area contributed by atoms with Gasteiger partial charge in [-0.2, -0.15) is 23.0 Å². The number of nitrogens with zero attached hydrogens (tertiary/aromatic N) is 3. The van der Waals surface area contributed by atoms with Crippen molar-refractivity contribution in [2.24, 2.45) is 17.3 Å². The second kappa shape index (κ2) is 5.24. The molecule has 1 aromatic heterocycles. The molecule has 0 amide bonds. The number of aromatic amines is 1. The zero-order valence-corrected chi connectivity index (χ0v) is 11.5. The minimum absolute atomic E-state index is 0.0191. The first kappa shape index (κ1) is 15.1. The fourth-order valence-electron chi connectivity index (χ4n) is 1.60. The SMILES string of the molecule is C[n+]1[nH]c(N)c(N=Nc2ccc(Cl)c(C(F)(F)F)c2)c1N. The summed E-state index contributed by atoms with van der Waals surface area (Å²) in [7, 11) is 1.61. The number of hydrogen-bond acceptors (Lipinski definition) is 4. The van der Waals surface area contributed by atoms with E-state index in [9.17, 15) is 13.2 Å². The Hall–Kier alpha value is -2.29. The Labute approximate surface area is 122 Å². The number of aromatic nitrogens is 2. The molecule has 2 rings (SSSR count). The molecule has 1 heterocycles. The number of nitrogens with two attached hydrogens (primary N) is 2. The van der Waals surface area contributed by atoms with Crippen LogP contribution in [0.25, 0.3) is 0 Å². The summed E-state index contributed by atoms with van der Waals surface area (Å²) >= 11 is 5.51. The van der Waals surface area contributed by atoms with Gasteiger partial charge in [-0.3, -0.25) is 5.73 Å². The van der Waals surface area contributed by atoms with Gasteiger partial charge in [0.1, 0.15) is 7.05 Å². The first-order valence-electron chi connectivity index (χ1n) is 5.61. The number of aryl methyl sites for hydroxylation is 1. The van der Waals surface area contributed by atoms with Gasteiger partial charge in [-0.1, -0.05) is 11.6 Å².